The summed E-state index contributed by atoms with van der Waals surface area (Å²) in [6, 6.07) is 119. The summed E-state index contributed by atoms with van der Waals surface area (Å²) in [4.78, 5) is 2.42. The number of anilines is 3. The number of hydrogen-bond donors (Lipinski definition) is 0. The predicted molar refractivity (Wildman–Crippen MR) is 528 cm³/mol. The van der Waals surface area contributed by atoms with E-state index in [0.717, 1.165) is 87.7 Å². The van der Waals surface area contributed by atoms with Crippen molar-refractivity contribution in [1.82, 2.24) is 0 Å². The van der Waals surface area contributed by atoms with Crippen molar-refractivity contribution < 1.29 is 0 Å². The largest absolute Gasteiger partial charge is 0.311 e. The first-order chi connectivity index (χ1) is 60.9. The van der Waals surface area contributed by atoms with E-state index >= 15 is 0 Å². The Morgan fingerprint density at radius 3 is 1.05 bits per heavy atom. The Hall–Kier alpha value is -11.4. The van der Waals surface area contributed by atoms with Crippen LogP contribution in [0.5, 0.6) is 0 Å². The fourth-order valence-electron chi connectivity index (χ4n) is 22.5. The van der Waals surface area contributed by atoms with Crippen molar-refractivity contribution in [2.24, 2.45) is 0 Å². The monoisotopic (exact) mass is 1620 g/mol. The van der Waals surface area contributed by atoms with Crippen LogP contribution in [0.4, 0.5) is 17.1 Å². The molecule has 0 aromatic heterocycles. The van der Waals surface area contributed by atoms with E-state index in [1.54, 1.807) is 0 Å². The molecule has 0 saturated heterocycles. The van der Waals surface area contributed by atoms with E-state index in [2.05, 4.69) is 357 Å². The third-order valence-corrected chi connectivity index (χ3v) is 29.9. The van der Waals surface area contributed by atoms with Crippen molar-refractivity contribution in [3.63, 3.8) is 0 Å². The highest BCUT2D eigenvalue weighted by atomic mass is 15.1. The zero-order valence-electron chi connectivity index (χ0n) is 74.9. The molecule has 14 aromatic rings. The number of rotatable bonds is 35. The van der Waals surface area contributed by atoms with E-state index in [4.69, 9.17) is 0 Å². The van der Waals surface area contributed by atoms with Gasteiger partial charge in [-0.2, -0.15) is 0 Å². The fourth-order valence-corrected chi connectivity index (χ4v) is 22.5. The van der Waals surface area contributed by atoms with E-state index in [-0.39, 0.29) is 5.41 Å². The molecule has 1 heteroatoms. The Morgan fingerprint density at radius 2 is 0.637 bits per heavy atom. The maximum atomic E-state index is 4.10. The van der Waals surface area contributed by atoms with Gasteiger partial charge in [-0.1, -0.05) is 353 Å². The molecule has 0 N–H and O–H groups in total. The predicted octanol–water partition coefficient (Wildman–Crippen LogP) is 33.4. The second-order valence-corrected chi connectivity index (χ2v) is 37.6. The summed E-state index contributed by atoms with van der Waals surface area (Å²) in [7, 11) is 0. The van der Waals surface area contributed by atoms with Gasteiger partial charge in [0.25, 0.3) is 0 Å². The van der Waals surface area contributed by atoms with E-state index in [1.165, 1.54) is 280 Å². The minimum atomic E-state index is -0.671. The zero-order valence-corrected chi connectivity index (χ0v) is 74.9. The Labute approximate surface area is 741 Å². The number of aryl methyl sites for hydroxylation is 9. The summed E-state index contributed by atoms with van der Waals surface area (Å²) in [5, 5.41) is 0. The standard InChI is InChI=1S/C123H125N/c1-9-14-18-22-23-27-75-121(101-55-34-87(35-56-101)28-24-19-15-10-2)115-76-85(7)33-69-109(115)110-70-51-97(79-116(110)121)98-52-73-113-114-74-54-100(83-120(114)123(119(113)82-98,104-61-44-91-40-42-94(91)77-104)105-62-45-92-41-43-95(92)78-105)99-53-72-112-111-71-50-96(93-48-67-108(68-49-93)124(106-63-31-84(6)32-64-106)107-65-46-90(47-66-107)86(8)13-5)80-117(111)122(118(112)81-99,102-57-36-88(37-58-102)29-25-20-16-11-3)103-59-38-89(39-60-103)30-26-21-17-12-4/h9,31-39,44-74,76-83,86H,1,10-30,40-43,75H2,2-8H3. The summed E-state index contributed by atoms with van der Waals surface area (Å²) in [5.74, 6) is 0.501. The topological polar surface area (TPSA) is 3.24 Å². The average molecular weight is 1620 g/mol. The number of nitrogens with zero attached hydrogens (tertiary/aromatic N) is 1. The zero-order chi connectivity index (χ0) is 84.5. The molecule has 5 aliphatic rings. The summed E-state index contributed by atoms with van der Waals surface area (Å²) in [5.41, 5.74) is 46.6. The van der Waals surface area contributed by atoms with Crippen molar-refractivity contribution in [2.75, 3.05) is 4.90 Å². The molecule has 0 aliphatic heterocycles. The van der Waals surface area contributed by atoms with Gasteiger partial charge in [0.15, 0.2) is 0 Å². The van der Waals surface area contributed by atoms with Gasteiger partial charge in [-0.25, -0.2) is 0 Å². The molecule has 0 heterocycles. The molecule has 1 nitrogen and oxygen atoms in total. The van der Waals surface area contributed by atoms with Crippen LogP contribution in [0.1, 0.15) is 279 Å². The number of hydrogen-bond acceptors (Lipinski definition) is 1. The highest BCUT2D eigenvalue weighted by Gasteiger charge is 2.51. The van der Waals surface area contributed by atoms with Crippen LogP contribution >= 0.6 is 0 Å². The van der Waals surface area contributed by atoms with Gasteiger partial charge < -0.3 is 4.90 Å². The molecule has 0 amide bonds. The van der Waals surface area contributed by atoms with Crippen LogP contribution in [-0.4, -0.2) is 0 Å². The lowest BCUT2D eigenvalue weighted by Gasteiger charge is -2.37. The van der Waals surface area contributed by atoms with Crippen molar-refractivity contribution >= 4 is 17.1 Å². The van der Waals surface area contributed by atoms with Crippen molar-refractivity contribution in [1.29, 1.82) is 0 Å². The minimum Gasteiger partial charge on any atom is -0.311 e. The van der Waals surface area contributed by atoms with Gasteiger partial charge in [-0.05, 0) is 349 Å². The molecule has 124 heavy (non-hydrogen) atoms. The molecule has 19 rings (SSSR count). The Balaban J connectivity index is 0.768. The quantitative estimate of drug-likeness (QED) is 0.0283. The van der Waals surface area contributed by atoms with Gasteiger partial charge in [0.2, 0.25) is 0 Å². The summed E-state index contributed by atoms with van der Waals surface area (Å²) in [6.07, 6.45) is 32.9. The van der Waals surface area contributed by atoms with Crippen molar-refractivity contribution in [3.05, 3.63) is 421 Å². The van der Waals surface area contributed by atoms with Gasteiger partial charge in [-0.3, -0.25) is 0 Å². The van der Waals surface area contributed by atoms with Gasteiger partial charge in [-0.15, -0.1) is 6.58 Å². The minimum absolute atomic E-state index is 0.309. The molecule has 14 aromatic carbocycles. The molecule has 5 aliphatic carbocycles. The highest BCUT2D eigenvalue weighted by molar-refractivity contribution is 5.95. The Kier molecular flexibility index (Phi) is 23.7. The normalized spacial score (nSPS) is 15.2. The first-order valence-electron chi connectivity index (χ1n) is 48.0. The van der Waals surface area contributed by atoms with Crippen LogP contribution in [0.2, 0.25) is 0 Å². The van der Waals surface area contributed by atoms with E-state index in [0.29, 0.717) is 5.92 Å². The number of allylic oxidation sites excluding steroid dienone is 1. The molecule has 2 unspecified atom stereocenters. The maximum Gasteiger partial charge on any atom is 0.0714 e. The second-order valence-electron chi connectivity index (χ2n) is 37.6. The average Bonchev–Trinajstić information content (AvgIpc) is 1.53. The smallest absolute Gasteiger partial charge is 0.0714 e. The van der Waals surface area contributed by atoms with Crippen LogP contribution in [0.25, 0.3) is 66.8 Å². The molecule has 0 radical (unpaired) electrons. The maximum absolute atomic E-state index is 4.10. The van der Waals surface area contributed by atoms with Crippen LogP contribution < -0.4 is 4.90 Å². The lowest BCUT2D eigenvalue weighted by molar-refractivity contribution is 0.512. The molecule has 0 saturated carbocycles. The Morgan fingerprint density at radius 1 is 0.298 bits per heavy atom. The number of benzene rings is 14. The highest BCUT2D eigenvalue weighted by Crippen LogP contribution is 2.63. The molecule has 0 bridgehead atoms. The van der Waals surface area contributed by atoms with Crippen molar-refractivity contribution in [2.45, 2.75) is 238 Å². The first kappa shape index (κ1) is 82.2. The van der Waals surface area contributed by atoms with Crippen LogP contribution in [0, 0.1) is 13.8 Å². The molecule has 2 atom stereocenters. The second kappa shape index (κ2) is 35.7. The third-order valence-electron chi connectivity index (χ3n) is 29.9. The number of unbranched alkanes of at least 4 members (excludes halogenated alkanes) is 13. The van der Waals surface area contributed by atoms with E-state index < -0.39 is 10.8 Å². The van der Waals surface area contributed by atoms with Gasteiger partial charge in [0, 0.05) is 22.5 Å². The number of fused-ring (bicyclic) bond motifs is 11. The van der Waals surface area contributed by atoms with Gasteiger partial charge >= 0.3 is 0 Å². The van der Waals surface area contributed by atoms with Gasteiger partial charge in [0.05, 0.1) is 10.8 Å². The van der Waals surface area contributed by atoms with Crippen LogP contribution in [0.15, 0.2) is 304 Å². The molecular weight excluding hydrogens is 1490 g/mol. The van der Waals surface area contributed by atoms with Gasteiger partial charge in [0.1, 0.15) is 0 Å². The molecule has 622 valence electrons. The van der Waals surface area contributed by atoms with Crippen LogP contribution in [0.3, 0.4) is 0 Å². The summed E-state index contributed by atoms with van der Waals surface area (Å²) >= 11 is 0. The molecule has 0 fully saturated rings. The third kappa shape index (κ3) is 15.0. The lowest BCUT2D eigenvalue weighted by Crippen LogP contribution is -2.30. The lowest BCUT2D eigenvalue weighted by atomic mass is 9.65. The van der Waals surface area contributed by atoms with Crippen molar-refractivity contribution in [3.8, 4) is 66.8 Å². The fraction of sp³-hybridized carbons (Fsp3) is 0.301. The van der Waals surface area contributed by atoms with E-state index in [1.807, 2.05) is 0 Å². The first-order valence-corrected chi connectivity index (χ1v) is 48.0. The summed E-state index contributed by atoms with van der Waals surface area (Å²) < 4.78 is 0. The SMILES string of the molecule is C=CCCCCCCC1(c2ccc(CCCCCC)cc2)c2cc(C)ccc2-c2ccc(-c3ccc4c(c3)C(c3ccc5c(c3)CC5)(c3ccc5c(c3)CC5)c3cc(-c5ccc6c(c5)C(c5ccc(CCCCCC)cc5)(c5ccc(CCCCCC)cc5)c5cc(-c7ccc(N(c8ccc(C)cc8)c8ccc(C(C)CC)cc8)cc7)ccc5-6)ccc3-4)cc21. The molecule has 0 spiro atoms. The van der Waals surface area contributed by atoms with E-state index in [9.17, 15) is 0 Å². The van der Waals surface area contributed by atoms with Crippen LogP contribution in [-0.2, 0) is 61.2 Å². The Bertz CT molecular complexity index is 6090. The summed E-state index contributed by atoms with van der Waals surface area (Å²) in [6.45, 7) is 20.2. The molecular formula is C123H125N.